The lowest BCUT2D eigenvalue weighted by atomic mass is 10.2. The lowest BCUT2D eigenvalue weighted by Gasteiger charge is -2.11. The number of nitrogens with zero attached hydrogens (tertiary/aromatic N) is 1. The Hall–Kier alpha value is -1.54. The third-order valence-corrected chi connectivity index (χ3v) is 5.09. The lowest BCUT2D eigenvalue weighted by molar-refractivity contribution is -0.146. The summed E-state index contributed by atoms with van der Waals surface area (Å²) >= 11 is 4.83. The minimum atomic E-state index is -0.501. The third kappa shape index (κ3) is 6.92. The first-order valence-electron chi connectivity index (χ1n) is 7.22. The molecule has 0 aliphatic rings. The fraction of sp³-hybridized carbons (Fsp3) is 0.438. The number of nitrogens with one attached hydrogen (secondary N) is 1. The number of hydrogen-bond acceptors (Lipinski definition) is 5. The molecule has 0 aromatic heterocycles. The molecule has 0 aliphatic carbocycles. The van der Waals surface area contributed by atoms with E-state index < -0.39 is 18.5 Å². The highest BCUT2D eigenvalue weighted by atomic mass is 79.9. The van der Waals surface area contributed by atoms with E-state index >= 15 is 0 Å². The number of hydrogen-bond donors (Lipinski definition) is 1. The molecule has 0 saturated carbocycles. The second-order valence-corrected chi connectivity index (χ2v) is 7.25. The van der Waals surface area contributed by atoms with Crippen LogP contribution in [0.4, 0.5) is 0 Å². The van der Waals surface area contributed by atoms with E-state index in [1.54, 1.807) is 14.1 Å². The predicted octanol–water partition coefficient (Wildman–Crippen LogP) is 1.91. The summed E-state index contributed by atoms with van der Waals surface area (Å²) in [6.45, 7) is 3.44. The summed E-state index contributed by atoms with van der Waals surface area (Å²) in [5.41, 5.74) is 2.15. The number of benzene rings is 1. The number of carbonyl (C=O) groups is 3. The van der Waals surface area contributed by atoms with Crippen LogP contribution >= 0.6 is 27.7 Å². The number of rotatable bonds is 7. The van der Waals surface area contributed by atoms with E-state index in [0.717, 1.165) is 20.5 Å². The highest BCUT2D eigenvalue weighted by Crippen LogP contribution is 2.28. The van der Waals surface area contributed by atoms with Gasteiger partial charge in [0.25, 0.3) is 5.91 Å². The van der Waals surface area contributed by atoms with Gasteiger partial charge in [-0.25, -0.2) is 0 Å². The molecule has 0 saturated heterocycles. The Morgan fingerprint density at radius 2 is 1.88 bits per heavy atom. The molecule has 0 radical (unpaired) electrons. The summed E-state index contributed by atoms with van der Waals surface area (Å²) in [5.74, 6) is -1.09. The van der Waals surface area contributed by atoms with Crippen molar-refractivity contribution < 1.29 is 19.1 Å². The monoisotopic (exact) mass is 416 g/mol. The molecule has 1 N–H and O–H groups in total. The summed E-state index contributed by atoms with van der Waals surface area (Å²) in [6, 6.07) is 4.00. The number of ether oxygens (including phenoxy) is 1. The predicted molar refractivity (Wildman–Crippen MR) is 97.0 cm³/mol. The van der Waals surface area contributed by atoms with Crippen molar-refractivity contribution in [3.05, 3.63) is 27.7 Å². The van der Waals surface area contributed by atoms with Gasteiger partial charge in [0.1, 0.15) is 0 Å². The van der Waals surface area contributed by atoms with E-state index in [-0.39, 0.29) is 18.2 Å². The molecule has 0 fully saturated rings. The Labute approximate surface area is 154 Å². The van der Waals surface area contributed by atoms with Crippen LogP contribution in [0.3, 0.4) is 0 Å². The Morgan fingerprint density at radius 1 is 1.21 bits per heavy atom. The van der Waals surface area contributed by atoms with Crippen molar-refractivity contribution in [1.82, 2.24) is 10.2 Å². The highest BCUT2D eigenvalue weighted by Gasteiger charge is 2.11. The SMILES string of the molecule is Cc1cc(SCC(=O)OCC(=O)NCC(=O)N(C)C)c(C)cc1Br. The normalized spacial score (nSPS) is 10.2. The van der Waals surface area contributed by atoms with Crippen LogP contribution in [0.25, 0.3) is 0 Å². The number of likely N-dealkylation sites (N-methyl/N-ethyl adjacent to an activating group) is 1. The van der Waals surface area contributed by atoms with Crippen LogP contribution < -0.4 is 5.32 Å². The topological polar surface area (TPSA) is 75.7 Å². The average Bonchev–Trinajstić information content (AvgIpc) is 2.52. The van der Waals surface area contributed by atoms with Crippen molar-refractivity contribution in [3.8, 4) is 0 Å². The molecule has 1 rings (SSSR count). The quantitative estimate of drug-likeness (QED) is 0.542. The molecule has 0 heterocycles. The number of halogens is 1. The molecule has 132 valence electrons. The van der Waals surface area contributed by atoms with Gasteiger partial charge < -0.3 is 15.0 Å². The zero-order valence-electron chi connectivity index (χ0n) is 14.1. The number of carbonyl (C=O) groups excluding carboxylic acids is 3. The Bertz CT molecular complexity index is 635. The van der Waals surface area contributed by atoms with Crippen molar-refractivity contribution in [2.24, 2.45) is 0 Å². The van der Waals surface area contributed by atoms with Gasteiger partial charge in [-0.05, 0) is 37.1 Å². The van der Waals surface area contributed by atoms with Gasteiger partial charge in [0.05, 0.1) is 12.3 Å². The van der Waals surface area contributed by atoms with Gasteiger partial charge in [-0.15, -0.1) is 11.8 Å². The van der Waals surface area contributed by atoms with E-state index in [9.17, 15) is 14.4 Å². The summed E-state index contributed by atoms with van der Waals surface area (Å²) in [6.07, 6.45) is 0. The highest BCUT2D eigenvalue weighted by molar-refractivity contribution is 9.10. The zero-order chi connectivity index (χ0) is 18.3. The fourth-order valence-corrected chi connectivity index (χ4v) is 2.98. The standard InChI is InChI=1S/C16H21BrN2O4S/c1-10-6-13(11(2)5-12(10)17)24-9-16(22)23-8-14(20)18-7-15(21)19(3)4/h5-6H,7-9H2,1-4H3,(H,18,20). The minimum Gasteiger partial charge on any atom is -0.455 e. The molecule has 0 spiro atoms. The van der Waals surface area contributed by atoms with Crippen LogP contribution in [-0.4, -0.2) is 55.7 Å². The molecule has 6 nitrogen and oxygen atoms in total. The van der Waals surface area contributed by atoms with Gasteiger partial charge in [0.15, 0.2) is 6.61 Å². The Morgan fingerprint density at radius 3 is 2.50 bits per heavy atom. The minimum absolute atomic E-state index is 0.116. The third-order valence-electron chi connectivity index (χ3n) is 3.10. The van der Waals surface area contributed by atoms with Crippen molar-refractivity contribution >= 4 is 45.5 Å². The Kier molecular flexibility index (Phi) is 8.27. The van der Waals surface area contributed by atoms with E-state index in [0.29, 0.717) is 0 Å². The second-order valence-electron chi connectivity index (χ2n) is 5.38. The number of amides is 2. The summed E-state index contributed by atoms with van der Waals surface area (Å²) in [5, 5.41) is 2.40. The van der Waals surface area contributed by atoms with Crippen LogP contribution in [0.2, 0.25) is 0 Å². The smallest absolute Gasteiger partial charge is 0.316 e. The van der Waals surface area contributed by atoms with Gasteiger partial charge in [-0.2, -0.15) is 0 Å². The summed E-state index contributed by atoms with van der Waals surface area (Å²) < 4.78 is 5.93. The largest absolute Gasteiger partial charge is 0.455 e. The number of esters is 1. The first kappa shape index (κ1) is 20.5. The van der Waals surface area contributed by atoms with Gasteiger partial charge in [0.2, 0.25) is 5.91 Å². The molecule has 1 aromatic carbocycles. The molecule has 0 aliphatic heterocycles. The summed E-state index contributed by atoms with van der Waals surface area (Å²) in [4.78, 5) is 36.9. The van der Waals surface area contributed by atoms with Crippen molar-refractivity contribution in [1.29, 1.82) is 0 Å². The zero-order valence-corrected chi connectivity index (χ0v) is 16.5. The molecular formula is C16H21BrN2O4S. The van der Waals surface area contributed by atoms with Crippen molar-refractivity contribution in [2.45, 2.75) is 18.7 Å². The van der Waals surface area contributed by atoms with Crippen LogP contribution in [0.15, 0.2) is 21.5 Å². The van der Waals surface area contributed by atoms with Crippen LogP contribution in [0.5, 0.6) is 0 Å². The molecule has 24 heavy (non-hydrogen) atoms. The maximum absolute atomic E-state index is 11.7. The summed E-state index contributed by atoms with van der Waals surface area (Å²) in [7, 11) is 3.19. The van der Waals surface area contributed by atoms with Gasteiger partial charge in [-0.1, -0.05) is 15.9 Å². The van der Waals surface area contributed by atoms with Crippen LogP contribution in [0, 0.1) is 13.8 Å². The van der Waals surface area contributed by atoms with E-state index in [2.05, 4.69) is 21.2 Å². The Balaban J connectivity index is 2.36. The first-order valence-corrected chi connectivity index (χ1v) is 9.00. The van der Waals surface area contributed by atoms with Crippen molar-refractivity contribution in [2.75, 3.05) is 33.0 Å². The molecule has 0 bridgehead atoms. The van der Waals surface area contributed by atoms with Gasteiger partial charge >= 0.3 is 5.97 Å². The second kappa shape index (κ2) is 9.68. The maximum atomic E-state index is 11.7. The molecule has 1 aromatic rings. The maximum Gasteiger partial charge on any atom is 0.316 e. The van der Waals surface area contributed by atoms with Crippen LogP contribution in [-0.2, 0) is 19.1 Å². The number of aryl methyl sites for hydroxylation is 2. The van der Waals surface area contributed by atoms with E-state index in [1.165, 1.54) is 16.7 Å². The molecular weight excluding hydrogens is 396 g/mol. The fourth-order valence-electron chi connectivity index (χ4n) is 1.62. The average molecular weight is 417 g/mol. The van der Waals surface area contributed by atoms with E-state index in [1.807, 2.05) is 26.0 Å². The van der Waals surface area contributed by atoms with Crippen molar-refractivity contribution in [3.63, 3.8) is 0 Å². The molecule has 2 amide bonds. The van der Waals surface area contributed by atoms with Crippen LogP contribution in [0.1, 0.15) is 11.1 Å². The lowest BCUT2D eigenvalue weighted by Crippen LogP contribution is -2.38. The van der Waals surface area contributed by atoms with E-state index in [4.69, 9.17) is 4.74 Å². The first-order chi connectivity index (χ1) is 11.2. The number of thioether (sulfide) groups is 1. The molecule has 8 heteroatoms. The van der Waals surface area contributed by atoms with Gasteiger partial charge in [-0.3, -0.25) is 14.4 Å². The molecule has 0 unspecified atom stereocenters. The van der Waals surface area contributed by atoms with Gasteiger partial charge in [0, 0.05) is 23.5 Å². The molecule has 0 atom stereocenters.